The molecule has 1 saturated heterocycles. The topological polar surface area (TPSA) is 95.8 Å². The molecule has 4 heterocycles. The normalized spacial score (nSPS) is 14.0. The van der Waals surface area contributed by atoms with Gasteiger partial charge in [0.1, 0.15) is 0 Å². The van der Waals surface area contributed by atoms with E-state index in [0.29, 0.717) is 54.8 Å². The number of rotatable bonds is 6. The minimum absolute atomic E-state index is 0.0391. The second-order valence-electron chi connectivity index (χ2n) is 6.73. The first-order valence-corrected chi connectivity index (χ1v) is 11.3. The smallest absolute Gasteiger partial charge is 0.289 e. The van der Waals surface area contributed by atoms with Gasteiger partial charge in [-0.2, -0.15) is 0 Å². The van der Waals surface area contributed by atoms with Gasteiger partial charge in [0.25, 0.3) is 11.8 Å². The average molecular weight is 445 g/mol. The Morgan fingerprint density at radius 1 is 1.07 bits per heavy atom. The minimum Gasteiger partial charge on any atom is -0.459 e. The van der Waals surface area contributed by atoms with Crippen molar-refractivity contribution in [2.24, 2.45) is 0 Å². The van der Waals surface area contributed by atoms with Crippen molar-refractivity contribution in [1.29, 1.82) is 0 Å². The van der Waals surface area contributed by atoms with Crippen molar-refractivity contribution < 1.29 is 18.8 Å². The summed E-state index contributed by atoms with van der Waals surface area (Å²) in [5.41, 5.74) is 0.779. The highest BCUT2D eigenvalue weighted by Gasteiger charge is 2.26. The van der Waals surface area contributed by atoms with E-state index in [0.717, 1.165) is 5.69 Å². The largest absolute Gasteiger partial charge is 0.459 e. The molecule has 0 unspecified atom stereocenters. The number of nitrogens with zero attached hydrogens (tertiary/aromatic N) is 3. The molecule has 0 spiro atoms. The Bertz CT molecular complexity index is 1010. The molecule has 3 aromatic rings. The second kappa shape index (κ2) is 9.23. The van der Waals surface area contributed by atoms with E-state index in [1.807, 2.05) is 16.8 Å². The third-order valence-electron chi connectivity index (χ3n) is 4.76. The molecule has 0 radical (unpaired) electrons. The number of aromatic nitrogens is 1. The van der Waals surface area contributed by atoms with E-state index in [1.54, 1.807) is 28.0 Å². The summed E-state index contributed by atoms with van der Waals surface area (Å²) >= 11 is 2.72. The monoisotopic (exact) mass is 444 g/mol. The Morgan fingerprint density at radius 3 is 2.57 bits per heavy atom. The standard InChI is InChI=1S/C20H20N4O4S2/c25-17(23-7-9-24(10-8-23)19(27)15-3-1-11-28-15)6-5-14-13-30-20(21-14)22-18(26)16-4-2-12-29-16/h1-4,11-13H,5-10H2,(H,21,22,26). The SMILES string of the molecule is O=C(Nc1nc(CCC(=O)N2CCN(C(=O)c3ccco3)CC2)cs1)c1cccs1. The van der Waals surface area contributed by atoms with Crippen LogP contribution in [0.5, 0.6) is 0 Å². The van der Waals surface area contributed by atoms with Crippen molar-refractivity contribution in [2.75, 3.05) is 31.5 Å². The summed E-state index contributed by atoms with van der Waals surface area (Å²) < 4.78 is 5.15. The van der Waals surface area contributed by atoms with Crippen molar-refractivity contribution in [2.45, 2.75) is 12.8 Å². The number of carbonyl (C=O) groups excluding carboxylic acids is 3. The predicted octanol–water partition coefficient (Wildman–Crippen LogP) is 2.97. The molecule has 0 saturated carbocycles. The lowest BCUT2D eigenvalue weighted by Gasteiger charge is -2.34. The molecule has 0 atom stereocenters. The van der Waals surface area contributed by atoms with E-state index in [4.69, 9.17) is 4.42 Å². The van der Waals surface area contributed by atoms with Gasteiger partial charge in [-0.1, -0.05) is 6.07 Å². The number of aryl methyl sites for hydroxylation is 1. The van der Waals surface area contributed by atoms with Crippen molar-refractivity contribution >= 4 is 45.5 Å². The van der Waals surface area contributed by atoms with Crippen LogP contribution in [0.25, 0.3) is 0 Å². The minimum atomic E-state index is -0.177. The van der Waals surface area contributed by atoms with Gasteiger partial charge in [0, 0.05) is 38.0 Å². The van der Waals surface area contributed by atoms with E-state index in [1.165, 1.54) is 28.9 Å². The van der Waals surface area contributed by atoms with E-state index in [9.17, 15) is 14.4 Å². The van der Waals surface area contributed by atoms with Crippen LogP contribution < -0.4 is 5.32 Å². The van der Waals surface area contributed by atoms with Gasteiger partial charge in [-0.15, -0.1) is 22.7 Å². The van der Waals surface area contributed by atoms with Gasteiger partial charge in [-0.25, -0.2) is 4.98 Å². The summed E-state index contributed by atoms with van der Waals surface area (Å²) in [5.74, 6) is 0.0354. The first kappa shape index (κ1) is 20.3. The Hall–Kier alpha value is -2.98. The van der Waals surface area contributed by atoms with E-state index in [-0.39, 0.29) is 17.7 Å². The Morgan fingerprint density at radius 2 is 1.87 bits per heavy atom. The number of thiazole rings is 1. The molecule has 156 valence electrons. The van der Waals surface area contributed by atoms with Crippen molar-refractivity contribution in [1.82, 2.24) is 14.8 Å². The van der Waals surface area contributed by atoms with Gasteiger partial charge >= 0.3 is 0 Å². The molecule has 30 heavy (non-hydrogen) atoms. The summed E-state index contributed by atoms with van der Waals surface area (Å²) in [6, 6.07) is 6.91. The van der Waals surface area contributed by atoms with Crippen LogP contribution in [0.15, 0.2) is 45.7 Å². The molecule has 10 heteroatoms. The zero-order valence-corrected chi connectivity index (χ0v) is 17.7. The predicted molar refractivity (Wildman–Crippen MR) is 114 cm³/mol. The molecule has 0 aromatic carbocycles. The maximum absolute atomic E-state index is 12.5. The number of carbonyl (C=O) groups is 3. The van der Waals surface area contributed by atoms with Crippen molar-refractivity contribution in [3.05, 3.63) is 57.6 Å². The van der Waals surface area contributed by atoms with Crippen LogP contribution in [0.2, 0.25) is 0 Å². The van der Waals surface area contributed by atoms with Crippen molar-refractivity contribution in [3.63, 3.8) is 0 Å². The first-order chi connectivity index (χ1) is 14.6. The summed E-state index contributed by atoms with van der Waals surface area (Å²) in [7, 11) is 0. The quantitative estimate of drug-likeness (QED) is 0.631. The summed E-state index contributed by atoms with van der Waals surface area (Å²) in [4.78, 5) is 45.4. The van der Waals surface area contributed by atoms with Crippen LogP contribution in [-0.4, -0.2) is 58.7 Å². The Balaban J connectivity index is 1.22. The summed E-state index contributed by atoms with van der Waals surface area (Å²) in [5, 5.41) is 7.02. The maximum atomic E-state index is 12.5. The summed E-state index contributed by atoms with van der Waals surface area (Å²) in [6.07, 6.45) is 2.33. The molecule has 1 fully saturated rings. The van der Waals surface area contributed by atoms with Gasteiger partial charge < -0.3 is 14.2 Å². The lowest BCUT2D eigenvalue weighted by molar-refractivity contribution is -0.132. The number of thiophene rings is 1. The zero-order chi connectivity index (χ0) is 20.9. The Labute approximate surface area is 181 Å². The van der Waals surface area contributed by atoms with Gasteiger partial charge in [0.15, 0.2) is 10.9 Å². The number of amides is 3. The van der Waals surface area contributed by atoms with Gasteiger partial charge in [0.2, 0.25) is 5.91 Å². The lowest BCUT2D eigenvalue weighted by Crippen LogP contribution is -2.50. The van der Waals surface area contributed by atoms with Crippen LogP contribution in [-0.2, 0) is 11.2 Å². The molecule has 1 N–H and O–H groups in total. The Kier molecular flexibility index (Phi) is 6.24. The van der Waals surface area contributed by atoms with Crippen LogP contribution in [0.4, 0.5) is 5.13 Å². The van der Waals surface area contributed by atoms with Gasteiger partial charge in [-0.05, 0) is 30.0 Å². The highest BCUT2D eigenvalue weighted by atomic mass is 32.1. The molecule has 8 nitrogen and oxygen atoms in total. The number of hydrogen-bond donors (Lipinski definition) is 1. The number of anilines is 1. The molecule has 1 aliphatic rings. The van der Waals surface area contributed by atoms with Gasteiger partial charge in [0.05, 0.1) is 16.8 Å². The van der Waals surface area contributed by atoms with Crippen LogP contribution in [0, 0.1) is 0 Å². The van der Waals surface area contributed by atoms with Crippen LogP contribution in [0.3, 0.4) is 0 Å². The fraction of sp³-hybridized carbons (Fsp3) is 0.300. The first-order valence-electron chi connectivity index (χ1n) is 9.50. The van der Waals surface area contributed by atoms with E-state index in [2.05, 4.69) is 10.3 Å². The number of furan rings is 1. The highest BCUT2D eigenvalue weighted by molar-refractivity contribution is 7.14. The number of hydrogen-bond acceptors (Lipinski definition) is 7. The molecule has 3 amide bonds. The zero-order valence-electron chi connectivity index (χ0n) is 16.1. The highest BCUT2D eigenvalue weighted by Crippen LogP contribution is 2.19. The molecule has 0 aliphatic carbocycles. The molecule has 0 bridgehead atoms. The molecule has 4 rings (SSSR count). The van der Waals surface area contributed by atoms with E-state index < -0.39 is 0 Å². The van der Waals surface area contributed by atoms with E-state index >= 15 is 0 Å². The fourth-order valence-electron chi connectivity index (χ4n) is 3.15. The molecule has 3 aromatic heterocycles. The molecular weight excluding hydrogens is 424 g/mol. The lowest BCUT2D eigenvalue weighted by atomic mass is 10.2. The number of piperazine rings is 1. The fourth-order valence-corrected chi connectivity index (χ4v) is 4.51. The second-order valence-corrected chi connectivity index (χ2v) is 8.53. The number of nitrogens with one attached hydrogen (secondary N) is 1. The van der Waals surface area contributed by atoms with Crippen LogP contribution in [0.1, 0.15) is 32.3 Å². The maximum Gasteiger partial charge on any atom is 0.289 e. The molecular formula is C20H20N4O4S2. The average Bonchev–Trinajstić information content (AvgIpc) is 3.54. The van der Waals surface area contributed by atoms with Crippen LogP contribution >= 0.6 is 22.7 Å². The van der Waals surface area contributed by atoms with Gasteiger partial charge in [-0.3, -0.25) is 19.7 Å². The summed E-state index contributed by atoms with van der Waals surface area (Å²) in [6.45, 7) is 1.98. The van der Waals surface area contributed by atoms with Crippen molar-refractivity contribution in [3.8, 4) is 0 Å². The third kappa shape index (κ3) is 4.77. The molecule has 1 aliphatic heterocycles. The third-order valence-corrected chi connectivity index (χ3v) is 6.44.